The van der Waals surface area contributed by atoms with Gasteiger partial charge < -0.3 is 0 Å². The summed E-state index contributed by atoms with van der Waals surface area (Å²) in [6.45, 7) is 4.48. The summed E-state index contributed by atoms with van der Waals surface area (Å²) in [5.41, 5.74) is 0. The maximum Gasteiger partial charge on any atom is 0.0166 e. The van der Waals surface area contributed by atoms with Crippen LogP contribution < -0.4 is 0 Å². The first-order valence-electron chi connectivity index (χ1n) is 4.35. The van der Waals surface area contributed by atoms with E-state index >= 15 is 0 Å². The molecule has 0 bridgehead atoms. The molecule has 0 aromatic carbocycles. The van der Waals surface area contributed by atoms with Crippen LogP contribution in [0.4, 0.5) is 0 Å². The van der Waals surface area contributed by atoms with Crippen molar-refractivity contribution in [2.24, 2.45) is 0 Å². The van der Waals surface area contributed by atoms with Crippen LogP contribution in [0, 0.1) is 5.75 Å². The standard InChI is InChI=1S/C9H19S/c1-3-5-7-9-10-8-6-4-2/h9H,3-8H2,1-2H3. The number of thioether (sulfide) groups is 1. The molecule has 0 spiro atoms. The van der Waals surface area contributed by atoms with Gasteiger partial charge in [-0.1, -0.05) is 33.1 Å². The van der Waals surface area contributed by atoms with Crippen molar-refractivity contribution in [2.75, 3.05) is 5.75 Å². The molecular formula is C9H19S. The Kier molecular flexibility index (Phi) is 9.68. The third-order valence-electron chi connectivity index (χ3n) is 1.41. The summed E-state index contributed by atoms with van der Waals surface area (Å²) in [4.78, 5) is 0. The van der Waals surface area contributed by atoms with E-state index in [9.17, 15) is 0 Å². The molecule has 61 valence electrons. The first-order valence-corrected chi connectivity index (χ1v) is 5.40. The van der Waals surface area contributed by atoms with Gasteiger partial charge in [0.15, 0.2) is 0 Å². The Hall–Kier alpha value is 0.350. The fourth-order valence-electron chi connectivity index (χ4n) is 0.682. The summed E-state index contributed by atoms with van der Waals surface area (Å²) in [7, 11) is 0. The minimum absolute atomic E-state index is 1.30. The average Bonchev–Trinajstić information content (AvgIpc) is 1.97. The molecule has 1 heteroatoms. The monoisotopic (exact) mass is 159 g/mol. The summed E-state index contributed by atoms with van der Waals surface area (Å²) in [6.07, 6.45) is 6.68. The van der Waals surface area contributed by atoms with Gasteiger partial charge >= 0.3 is 0 Å². The Morgan fingerprint density at radius 2 is 1.80 bits per heavy atom. The van der Waals surface area contributed by atoms with E-state index in [0.29, 0.717) is 0 Å². The fraction of sp³-hybridized carbons (Fsp3) is 0.889. The van der Waals surface area contributed by atoms with E-state index < -0.39 is 0 Å². The highest BCUT2D eigenvalue weighted by molar-refractivity contribution is 8.01. The highest BCUT2D eigenvalue weighted by Gasteiger charge is 1.88. The van der Waals surface area contributed by atoms with E-state index in [0.717, 1.165) is 0 Å². The zero-order valence-electron chi connectivity index (χ0n) is 7.23. The number of unbranched alkanes of at least 4 members (excludes halogenated alkanes) is 3. The summed E-state index contributed by atoms with van der Waals surface area (Å²) in [5, 5.41) is 0. The normalized spacial score (nSPS) is 10.2. The summed E-state index contributed by atoms with van der Waals surface area (Å²) in [5.74, 6) is 3.68. The predicted octanol–water partition coefficient (Wildman–Crippen LogP) is 3.87. The van der Waals surface area contributed by atoms with Crippen molar-refractivity contribution < 1.29 is 0 Å². The van der Waals surface area contributed by atoms with Gasteiger partial charge in [0.2, 0.25) is 0 Å². The fourth-order valence-corrected chi connectivity index (χ4v) is 1.64. The molecule has 10 heavy (non-hydrogen) atoms. The molecule has 0 aromatic rings. The van der Waals surface area contributed by atoms with Crippen molar-refractivity contribution in [1.29, 1.82) is 0 Å². The summed E-state index contributed by atoms with van der Waals surface area (Å²) >= 11 is 1.99. The van der Waals surface area contributed by atoms with Gasteiger partial charge in [0.25, 0.3) is 0 Å². The van der Waals surface area contributed by atoms with Crippen molar-refractivity contribution in [2.45, 2.75) is 46.0 Å². The van der Waals surface area contributed by atoms with Gasteiger partial charge in [-0.25, -0.2) is 0 Å². The molecule has 0 saturated heterocycles. The molecule has 0 saturated carbocycles. The van der Waals surface area contributed by atoms with E-state index in [2.05, 4.69) is 19.6 Å². The van der Waals surface area contributed by atoms with E-state index in [1.807, 2.05) is 11.8 Å². The maximum absolute atomic E-state index is 2.36. The van der Waals surface area contributed by atoms with Crippen LogP contribution in [0.15, 0.2) is 0 Å². The van der Waals surface area contributed by atoms with Gasteiger partial charge in [0.05, 0.1) is 0 Å². The van der Waals surface area contributed by atoms with Gasteiger partial charge in [0, 0.05) is 5.75 Å². The van der Waals surface area contributed by atoms with Crippen LogP contribution in [-0.4, -0.2) is 5.75 Å². The van der Waals surface area contributed by atoms with E-state index in [1.54, 1.807) is 0 Å². The van der Waals surface area contributed by atoms with Crippen molar-refractivity contribution in [3.05, 3.63) is 5.75 Å². The lowest BCUT2D eigenvalue weighted by atomic mass is 10.3. The molecule has 1 radical (unpaired) electrons. The van der Waals surface area contributed by atoms with Crippen molar-refractivity contribution in [3.8, 4) is 0 Å². The SMILES string of the molecule is CCCC[CH]SCCCC. The Balaban J connectivity index is 2.65. The second-order valence-electron chi connectivity index (χ2n) is 2.53. The quantitative estimate of drug-likeness (QED) is 0.508. The van der Waals surface area contributed by atoms with Crippen LogP contribution in [-0.2, 0) is 0 Å². The molecule has 0 aromatic heterocycles. The molecule has 0 atom stereocenters. The molecule has 0 N–H and O–H groups in total. The molecule has 0 rings (SSSR count). The Bertz CT molecular complexity index is 44.7. The number of rotatable bonds is 7. The third-order valence-corrected chi connectivity index (χ3v) is 2.40. The lowest BCUT2D eigenvalue weighted by molar-refractivity contribution is 0.805. The van der Waals surface area contributed by atoms with Crippen molar-refractivity contribution >= 4 is 11.8 Å². The Labute approximate surface area is 69.8 Å². The minimum Gasteiger partial charge on any atom is -0.157 e. The van der Waals surface area contributed by atoms with Crippen molar-refractivity contribution in [1.82, 2.24) is 0 Å². The van der Waals surface area contributed by atoms with E-state index in [-0.39, 0.29) is 0 Å². The molecule has 0 nitrogen and oxygen atoms in total. The van der Waals surface area contributed by atoms with Crippen molar-refractivity contribution in [3.63, 3.8) is 0 Å². The molecule has 0 heterocycles. The highest BCUT2D eigenvalue weighted by Crippen LogP contribution is 2.13. The smallest absolute Gasteiger partial charge is 0.0166 e. The Morgan fingerprint density at radius 3 is 2.40 bits per heavy atom. The number of hydrogen-bond donors (Lipinski definition) is 0. The molecule has 0 amide bonds. The lowest BCUT2D eigenvalue weighted by Crippen LogP contribution is -1.77. The van der Waals surface area contributed by atoms with Gasteiger partial charge in [-0.05, 0) is 18.6 Å². The third kappa shape index (κ3) is 8.35. The molecule has 0 fully saturated rings. The largest absolute Gasteiger partial charge is 0.157 e. The average molecular weight is 159 g/mol. The topological polar surface area (TPSA) is 0 Å². The summed E-state index contributed by atoms with van der Waals surface area (Å²) < 4.78 is 0. The first kappa shape index (κ1) is 10.3. The predicted molar refractivity (Wildman–Crippen MR) is 51.2 cm³/mol. The molecule has 0 aliphatic heterocycles. The second kappa shape index (κ2) is 9.35. The molecule has 0 aliphatic rings. The second-order valence-corrected chi connectivity index (χ2v) is 3.61. The van der Waals surface area contributed by atoms with Crippen LogP contribution in [0.5, 0.6) is 0 Å². The number of hydrogen-bond acceptors (Lipinski definition) is 1. The minimum atomic E-state index is 1.30. The van der Waals surface area contributed by atoms with Gasteiger partial charge in [-0.3, -0.25) is 0 Å². The van der Waals surface area contributed by atoms with Crippen LogP contribution in [0.25, 0.3) is 0 Å². The van der Waals surface area contributed by atoms with Gasteiger partial charge in [-0.15, -0.1) is 0 Å². The Morgan fingerprint density at radius 1 is 1.10 bits per heavy atom. The van der Waals surface area contributed by atoms with E-state index in [4.69, 9.17) is 0 Å². The molecule has 0 aliphatic carbocycles. The molecular weight excluding hydrogens is 140 g/mol. The molecule has 0 unspecified atom stereocenters. The van der Waals surface area contributed by atoms with Crippen LogP contribution >= 0.6 is 11.8 Å². The first-order chi connectivity index (χ1) is 4.91. The maximum atomic E-state index is 2.36. The van der Waals surface area contributed by atoms with E-state index in [1.165, 1.54) is 37.9 Å². The van der Waals surface area contributed by atoms with Crippen LogP contribution in [0.2, 0.25) is 0 Å². The van der Waals surface area contributed by atoms with Crippen LogP contribution in [0.3, 0.4) is 0 Å². The zero-order chi connectivity index (χ0) is 7.66. The van der Waals surface area contributed by atoms with Gasteiger partial charge in [0.1, 0.15) is 0 Å². The van der Waals surface area contributed by atoms with Gasteiger partial charge in [-0.2, -0.15) is 11.8 Å². The summed E-state index contributed by atoms with van der Waals surface area (Å²) in [6, 6.07) is 0. The highest BCUT2D eigenvalue weighted by atomic mass is 32.2. The van der Waals surface area contributed by atoms with Crippen LogP contribution in [0.1, 0.15) is 46.0 Å². The zero-order valence-corrected chi connectivity index (χ0v) is 8.04. The lowest BCUT2D eigenvalue weighted by Gasteiger charge is -1.97.